The maximum atomic E-state index is 12.4. The van der Waals surface area contributed by atoms with E-state index in [1.54, 1.807) is 30.5 Å². The Hall–Kier alpha value is -2.76. The minimum Gasteiger partial charge on any atom is -0.462 e. The van der Waals surface area contributed by atoms with E-state index < -0.39 is 34.5 Å². The molecule has 1 heterocycles. The Bertz CT molecular complexity index is 1060. The Morgan fingerprint density at radius 1 is 1.09 bits per heavy atom. The first kappa shape index (κ1) is 26.5. The molecule has 0 spiro atoms. The van der Waals surface area contributed by atoms with Crippen LogP contribution in [0.25, 0.3) is 0 Å². The van der Waals surface area contributed by atoms with Crippen molar-refractivity contribution in [1.82, 2.24) is 4.72 Å². The predicted octanol–water partition coefficient (Wildman–Crippen LogP) is 2.97. The van der Waals surface area contributed by atoms with E-state index in [1.807, 2.05) is 13.8 Å². The fourth-order valence-corrected chi connectivity index (χ4v) is 4.89. The molecular weight excluding hydrogens is 468 g/mol. The highest BCUT2D eigenvalue weighted by molar-refractivity contribution is 7.89. The minimum atomic E-state index is -3.73. The summed E-state index contributed by atoms with van der Waals surface area (Å²) in [5.74, 6) is -1.57. The van der Waals surface area contributed by atoms with Gasteiger partial charge in [-0.1, -0.05) is 32.0 Å². The molecular formula is C22H28N2O7S2. The lowest BCUT2D eigenvalue weighted by Crippen LogP contribution is -2.28. The first-order chi connectivity index (χ1) is 15.6. The summed E-state index contributed by atoms with van der Waals surface area (Å²) < 4.78 is 36.6. The van der Waals surface area contributed by atoms with E-state index in [-0.39, 0.29) is 24.5 Å². The number of thiophene rings is 1. The van der Waals surface area contributed by atoms with E-state index in [0.717, 1.165) is 5.56 Å². The van der Waals surface area contributed by atoms with Gasteiger partial charge < -0.3 is 14.8 Å². The lowest BCUT2D eigenvalue weighted by Gasteiger charge is -2.10. The van der Waals surface area contributed by atoms with Crippen LogP contribution >= 0.6 is 11.3 Å². The van der Waals surface area contributed by atoms with Crippen LogP contribution in [0.3, 0.4) is 0 Å². The van der Waals surface area contributed by atoms with Crippen LogP contribution in [0.15, 0.2) is 40.6 Å². The zero-order valence-corrected chi connectivity index (χ0v) is 20.4. The van der Waals surface area contributed by atoms with E-state index in [2.05, 4.69) is 10.0 Å². The summed E-state index contributed by atoms with van der Waals surface area (Å²) in [5.41, 5.74) is 1.09. The molecule has 0 saturated heterocycles. The molecule has 33 heavy (non-hydrogen) atoms. The lowest BCUT2D eigenvalue weighted by molar-refractivity contribution is -0.147. The number of sulfonamides is 1. The van der Waals surface area contributed by atoms with Crippen LogP contribution in [0.2, 0.25) is 0 Å². The minimum absolute atomic E-state index is 0.0860. The third-order valence-electron chi connectivity index (χ3n) is 4.27. The molecule has 0 saturated carbocycles. The number of amides is 1. The SMILES string of the molecule is CCOC(=O)c1c(CC(C)C)csc1NC(=O)COC(=O)CCNS(=O)(=O)c1ccccc1. The van der Waals surface area contributed by atoms with Crippen molar-refractivity contribution in [1.29, 1.82) is 0 Å². The highest BCUT2D eigenvalue weighted by atomic mass is 32.2. The van der Waals surface area contributed by atoms with Crippen molar-refractivity contribution < 1.29 is 32.3 Å². The number of anilines is 1. The summed E-state index contributed by atoms with van der Waals surface area (Å²) in [7, 11) is -3.73. The largest absolute Gasteiger partial charge is 0.462 e. The fourth-order valence-electron chi connectivity index (χ4n) is 2.85. The number of rotatable bonds is 12. The number of ether oxygens (including phenoxy) is 2. The average molecular weight is 497 g/mol. The van der Waals surface area contributed by atoms with Crippen LogP contribution in [0.1, 0.15) is 43.1 Å². The topological polar surface area (TPSA) is 128 Å². The van der Waals surface area contributed by atoms with Gasteiger partial charge >= 0.3 is 11.9 Å². The Kier molecular flexibility index (Phi) is 10.0. The predicted molar refractivity (Wildman–Crippen MR) is 125 cm³/mol. The van der Waals surface area contributed by atoms with Crippen molar-refractivity contribution in [2.24, 2.45) is 5.92 Å². The molecule has 1 aromatic carbocycles. The number of benzene rings is 1. The van der Waals surface area contributed by atoms with Gasteiger partial charge in [0.05, 0.1) is 23.5 Å². The monoisotopic (exact) mass is 496 g/mol. The molecule has 1 amide bonds. The number of hydrogen-bond donors (Lipinski definition) is 2. The van der Waals surface area contributed by atoms with Gasteiger partial charge in [0.15, 0.2) is 6.61 Å². The summed E-state index contributed by atoms with van der Waals surface area (Å²) in [6, 6.07) is 7.75. The number of hydrogen-bond acceptors (Lipinski definition) is 8. The summed E-state index contributed by atoms with van der Waals surface area (Å²) in [4.78, 5) is 36.6. The lowest BCUT2D eigenvalue weighted by atomic mass is 10.0. The zero-order chi connectivity index (χ0) is 24.4. The van der Waals surface area contributed by atoms with E-state index >= 15 is 0 Å². The molecule has 0 aliphatic carbocycles. The molecule has 0 bridgehead atoms. The number of carbonyl (C=O) groups excluding carboxylic acids is 3. The average Bonchev–Trinajstić information content (AvgIpc) is 3.14. The highest BCUT2D eigenvalue weighted by Gasteiger charge is 2.22. The fraction of sp³-hybridized carbons (Fsp3) is 0.409. The summed E-state index contributed by atoms with van der Waals surface area (Å²) in [6.07, 6.45) is 0.402. The van der Waals surface area contributed by atoms with Crippen LogP contribution in [0, 0.1) is 5.92 Å². The second-order valence-electron chi connectivity index (χ2n) is 7.45. The molecule has 2 rings (SSSR count). The molecule has 11 heteroatoms. The third-order valence-corrected chi connectivity index (χ3v) is 6.69. The first-order valence-corrected chi connectivity index (χ1v) is 12.8. The van der Waals surface area contributed by atoms with E-state index in [4.69, 9.17) is 9.47 Å². The second kappa shape index (κ2) is 12.5. The van der Waals surface area contributed by atoms with Crippen LogP contribution < -0.4 is 10.0 Å². The molecule has 2 aromatic rings. The Labute approximate surface area is 197 Å². The summed E-state index contributed by atoms with van der Waals surface area (Å²) in [6.45, 7) is 5.20. The second-order valence-corrected chi connectivity index (χ2v) is 10.1. The van der Waals surface area contributed by atoms with Crippen molar-refractivity contribution in [2.45, 2.75) is 38.5 Å². The maximum absolute atomic E-state index is 12.4. The first-order valence-electron chi connectivity index (χ1n) is 10.4. The third kappa shape index (κ3) is 8.26. The van der Waals surface area contributed by atoms with Gasteiger partial charge in [0.2, 0.25) is 10.0 Å². The van der Waals surface area contributed by atoms with E-state index in [0.29, 0.717) is 22.9 Å². The Morgan fingerprint density at radius 2 is 1.79 bits per heavy atom. The summed E-state index contributed by atoms with van der Waals surface area (Å²) in [5, 5.41) is 4.72. The van der Waals surface area contributed by atoms with Crippen LogP contribution in [-0.4, -0.2) is 46.0 Å². The molecule has 2 N–H and O–H groups in total. The van der Waals surface area contributed by atoms with Crippen LogP contribution in [0.4, 0.5) is 5.00 Å². The van der Waals surface area contributed by atoms with Crippen molar-refractivity contribution in [3.8, 4) is 0 Å². The van der Waals surface area contributed by atoms with Gasteiger partial charge in [0, 0.05) is 6.54 Å². The molecule has 9 nitrogen and oxygen atoms in total. The number of carbonyl (C=O) groups is 3. The smallest absolute Gasteiger partial charge is 0.341 e. The molecule has 180 valence electrons. The maximum Gasteiger partial charge on any atom is 0.341 e. The summed E-state index contributed by atoms with van der Waals surface area (Å²) >= 11 is 1.20. The molecule has 0 aliphatic rings. The van der Waals surface area contributed by atoms with Gasteiger partial charge in [-0.15, -0.1) is 11.3 Å². The van der Waals surface area contributed by atoms with E-state index in [1.165, 1.54) is 23.5 Å². The standard InChI is InChI=1S/C22H28N2O7S2/c1-4-30-22(27)20-16(12-15(2)3)14-32-21(20)24-18(25)13-31-19(26)10-11-23-33(28,29)17-8-6-5-7-9-17/h5-9,14-15,23H,4,10-13H2,1-3H3,(H,24,25). The van der Waals surface area contributed by atoms with Crippen LogP contribution in [0.5, 0.6) is 0 Å². The van der Waals surface area contributed by atoms with Crippen molar-refractivity contribution in [3.05, 3.63) is 46.8 Å². The van der Waals surface area contributed by atoms with Crippen molar-refractivity contribution in [2.75, 3.05) is 25.1 Å². The highest BCUT2D eigenvalue weighted by Crippen LogP contribution is 2.30. The van der Waals surface area contributed by atoms with Crippen molar-refractivity contribution >= 4 is 44.2 Å². The molecule has 1 aromatic heterocycles. The molecule has 0 fully saturated rings. The molecule has 0 atom stereocenters. The molecule has 0 unspecified atom stereocenters. The zero-order valence-electron chi connectivity index (χ0n) is 18.8. The Morgan fingerprint density at radius 3 is 2.42 bits per heavy atom. The van der Waals surface area contributed by atoms with Gasteiger partial charge in [-0.3, -0.25) is 9.59 Å². The van der Waals surface area contributed by atoms with Gasteiger partial charge in [0.1, 0.15) is 5.00 Å². The number of nitrogens with one attached hydrogen (secondary N) is 2. The van der Waals surface area contributed by atoms with Gasteiger partial charge in [-0.25, -0.2) is 17.9 Å². The van der Waals surface area contributed by atoms with Crippen LogP contribution in [-0.2, 0) is 35.5 Å². The van der Waals surface area contributed by atoms with Crippen molar-refractivity contribution in [3.63, 3.8) is 0 Å². The van der Waals surface area contributed by atoms with Gasteiger partial charge in [-0.2, -0.15) is 0 Å². The number of esters is 2. The van der Waals surface area contributed by atoms with E-state index in [9.17, 15) is 22.8 Å². The molecule has 0 radical (unpaired) electrons. The Balaban J connectivity index is 1.86. The molecule has 0 aliphatic heterocycles. The quantitative estimate of drug-likeness (QED) is 0.432. The van der Waals surface area contributed by atoms with Gasteiger partial charge in [-0.05, 0) is 42.3 Å². The van der Waals surface area contributed by atoms with Gasteiger partial charge in [0.25, 0.3) is 5.91 Å². The normalized spacial score (nSPS) is 11.3.